The predicted molar refractivity (Wildman–Crippen MR) is 111 cm³/mol. The normalized spacial score (nSPS) is 11.5. The van der Waals surface area contributed by atoms with Crippen molar-refractivity contribution in [2.45, 2.75) is 32.6 Å². The molecule has 2 rings (SSSR count). The molecule has 0 radical (unpaired) electrons. The maximum Gasteiger partial charge on any atom is 0.185 e. The third-order valence-electron chi connectivity index (χ3n) is 4.40. The number of carbonyl (C=O) groups excluding carboxylic acids is 1. The fourth-order valence-electron chi connectivity index (χ4n) is 2.59. The van der Waals surface area contributed by atoms with Crippen molar-refractivity contribution in [2.75, 3.05) is 12.3 Å². The Morgan fingerprint density at radius 2 is 1.93 bits per heavy atom. The monoisotopic (exact) mass is 365 g/mol. The fraction of sp³-hybridized carbons (Fsp3) is 0.261. The molecule has 3 N–H and O–H groups in total. The Morgan fingerprint density at radius 3 is 2.52 bits per heavy atom. The zero-order chi connectivity index (χ0) is 20.0. The zero-order valence-electron chi connectivity index (χ0n) is 16.2. The molecule has 0 fully saturated rings. The highest BCUT2D eigenvalue weighted by Crippen LogP contribution is 2.37. The zero-order valence-corrected chi connectivity index (χ0v) is 16.2. The van der Waals surface area contributed by atoms with E-state index >= 15 is 0 Å². The Kier molecular flexibility index (Phi) is 6.45. The minimum atomic E-state index is -0.420. The van der Waals surface area contributed by atoms with Gasteiger partial charge in [-0.25, -0.2) is 0 Å². The van der Waals surface area contributed by atoms with E-state index in [9.17, 15) is 9.90 Å². The minimum Gasteiger partial charge on any atom is -0.507 e. The van der Waals surface area contributed by atoms with E-state index in [0.29, 0.717) is 23.6 Å². The van der Waals surface area contributed by atoms with Gasteiger partial charge in [-0.2, -0.15) is 0 Å². The van der Waals surface area contributed by atoms with Gasteiger partial charge in [0.05, 0.1) is 6.61 Å². The second kappa shape index (κ2) is 8.58. The quantitative estimate of drug-likeness (QED) is 0.295. The lowest BCUT2D eigenvalue weighted by molar-refractivity contribution is 0.104. The molecule has 0 unspecified atom stereocenters. The van der Waals surface area contributed by atoms with Crippen molar-refractivity contribution >= 4 is 17.5 Å². The molecule has 142 valence electrons. The molecule has 0 aliphatic heterocycles. The van der Waals surface area contributed by atoms with Gasteiger partial charge in [0.2, 0.25) is 0 Å². The number of aromatic hydroxyl groups is 1. The van der Waals surface area contributed by atoms with Crippen LogP contribution >= 0.6 is 0 Å². The fourth-order valence-corrected chi connectivity index (χ4v) is 2.59. The topological polar surface area (TPSA) is 72.6 Å². The molecule has 0 heterocycles. The molecule has 0 saturated heterocycles. The van der Waals surface area contributed by atoms with Crippen molar-refractivity contribution in [3.63, 3.8) is 0 Å². The van der Waals surface area contributed by atoms with Crippen molar-refractivity contribution in [1.29, 1.82) is 0 Å². The smallest absolute Gasteiger partial charge is 0.185 e. The van der Waals surface area contributed by atoms with Crippen LogP contribution in [0.15, 0.2) is 55.1 Å². The Bertz CT molecular complexity index is 849. The number of phenolic OH excluding ortho intramolecular Hbond substituents is 1. The van der Waals surface area contributed by atoms with Crippen LogP contribution in [0.4, 0.5) is 5.69 Å². The van der Waals surface area contributed by atoms with Crippen LogP contribution in [0.1, 0.15) is 48.7 Å². The highest BCUT2D eigenvalue weighted by Gasteiger charge is 2.22. The van der Waals surface area contributed by atoms with Crippen LogP contribution in [0.5, 0.6) is 11.5 Å². The molecule has 27 heavy (non-hydrogen) atoms. The maximum atomic E-state index is 12.4. The number of hydrogen-bond acceptors (Lipinski definition) is 4. The number of ether oxygens (including phenoxy) is 1. The van der Waals surface area contributed by atoms with Gasteiger partial charge in [0, 0.05) is 33.9 Å². The summed E-state index contributed by atoms with van der Waals surface area (Å²) in [6.45, 7) is 10.3. The second-order valence-corrected chi connectivity index (χ2v) is 7.00. The lowest BCUT2D eigenvalue weighted by Gasteiger charge is -2.23. The first-order valence-electron chi connectivity index (χ1n) is 9.00. The van der Waals surface area contributed by atoms with Gasteiger partial charge in [-0.15, -0.1) is 6.58 Å². The summed E-state index contributed by atoms with van der Waals surface area (Å²) in [6.07, 6.45) is 5.84. The average Bonchev–Trinajstić information content (AvgIpc) is 2.65. The lowest BCUT2D eigenvalue weighted by atomic mass is 9.83. The Balaban J connectivity index is 2.42. The first kappa shape index (κ1) is 20.3. The van der Waals surface area contributed by atoms with E-state index < -0.39 is 5.41 Å². The van der Waals surface area contributed by atoms with Gasteiger partial charge in [0.1, 0.15) is 11.5 Å². The van der Waals surface area contributed by atoms with Crippen LogP contribution in [-0.4, -0.2) is 17.5 Å². The van der Waals surface area contributed by atoms with Crippen LogP contribution in [0.25, 0.3) is 6.08 Å². The molecule has 0 aliphatic carbocycles. The molecule has 0 atom stereocenters. The molecular weight excluding hydrogens is 338 g/mol. The number of nitrogens with two attached hydrogens (primary N) is 1. The summed E-state index contributed by atoms with van der Waals surface area (Å²) in [7, 11) is 0. The molecule has 2 aromatic carbocycles. The van der Waals surface area contributed by atoms with Gasteiger partial charge in [-0.05, 0) is 48.9 Å². The summed E-state index contributed by atoms with van der Waals surface area (Å²) in [4.78, 5) is 12.4. The van der Waals surface area contributed by atoms with E-state index in [1.807, 2.05) is 26.8 Å². The third-order valence-corrected chi connectivity index (χ3v) is 4.40. The molecule has 0 aromatic heterocycles. The van der Waals surface area contributed by atoms with E-state index in [1.165, 1.54) is 6.08 Å². The number of anilines is 1. The van der Waals surface area contributed by atoms with Crippen LogP contribution in [0, 0.1) is 0 Å². The van der Waals surface area contributed by atoms with Crippen LogP contribution < -0.4 is 10.5 Å². The summed E-state index contributed by atoms with van der Waals surface area (Å²) in [5.74, 6) is 0.557. The Hall–Kier alpha value is -3.01. The number of benzene rings is 2. The Morgan fingerprint density at radius 1 is 1.26 bits per heavy atom. The summed E-state index contributed by atoms with van der Waals surface area (Å²) in [5.41, 5.74) is 7.87. The van der Waals surface area contributed by atoms with Gasteiger partial charge < -0.3 is 15.6 Å². The van der Waals surface area contributed by atoms with E-state index in [4.69, 9.17) is 10.5 Å². The summed E-state index contributed by atoms with van der Waals surface area (Å²) in [5, 5.41) is 10.4. The number of phenols is 1. The van der Waals surface area contributed by atoms with E-state index in [1.54, 1.807) is 42.5 Å². The molecule has 0 amide bonds. The summed E-state index contributed by atoms with van der Waals surface area (Å²) in [6, 6.07) is 10.2. The summed E-state index contributed by atoms with van der Waals surface area (Å²) >= 11 is 0. The van der Waals surface area contributed by atoms with Gasteiger partial charge >= 0.3 is 0 Å². The molecule has 0 spiro atoms. The van der Waals surface area contributed by atoms with Gasteiger partial charge in [0.15, 0.2) is 5.78 Å². The van der Waals surface area contributed by atoms with E-state index in [0.717, 1.165) is 17.5 Å². The van der Waals surface area contributed by atoms with E-state index in [2.05, 4.69) is 6.58 Å². The average molecular weight is 365 g/mol. The molecule has 4 nitrogen and oxygen atoms in total. The number of carbonyl (C=O) groups is 1. The number of hydrogen-bond donors (Lipinski definition) is 2. The van der Waals surface area contributed by atoms with Crippen molar-refractivity contribution in [1.82, 2.24) is 0 Å². The number of rotatable bonds is 8. The van der Waals surface area contributed by atoms with Gasteiger partial charge in [0.25, 0.3) is 0 Å². The number of nitrogen functional groups attached to an aromatic ring is 1. The molecule has 0 bridgehead atoms. The predicted octanol–water partition coefficient (Wildman–Crippen LogP) is 5.12. The first-order chi connectivity index (χ1) is 12.8. The van der Waals surface area contributed by atoms with Crippen LogP contribution in [0.3, 0.4) is 0 Å². The Labute approximate surface area is 161 Å². The lowest BCUT2D eigenvalue weighted by Crippen LogP contribution is -2.13. The largest absolute Gasteiger partial charge is 0.507 e. The standard InChI is InChI=1S/C23H27NO3/c1-5-13-27-22-15-21(26)19(23(3,4)6-2)14-17(22)9-12-20(25)16-7-10-18(24)11-8-16/h6-12,14-15,26H,2,5,13,24H2,1,3-4H3/b12-9+. The van der Waals surface area contributed by atoms with Crippen LogP contribution in [-0.2, 0) is 5.41 Å². The van der Waals surface area contributed by atoms with Gasteiger partial charge in [-0.3, -0.25) is 4.79 Å². The SMILES string of the molecule is C=CC(C)(C)c1cc(/C=C/C(=O)c2ccc(N)cc2)c(OCCC)cc1O. The third kappa shape index (κ3) is 5.00. The molecular formula is C23H27NO3. The molecule has 0 aliphatic rings. The van der Waals surface area contributed by atoms with Crippen molar-refractivity contribution in [2.24, 2.45) is 0 Å². The number of ketones is 1. The highest BCUT2D eigenvalue weighted by atomic mass is 16.5. The van der Waals surface area contributed by atoms with Crippen molar-refractivity contribution in [3.8, 4) is 11.5 Å². The molecule has 4 heteroatoms. The molecule has 0 saturated carbocycles. The van der Waals surface area contributed by atoms with Crippen molar-refractivity contribution in [3.05, 3.63) is 71.8 Å². The molecule has 2 aromatic rings. The highest BCUT2D eigenvalue weighted by molar-refractivity contribution is 6.07. The van der Waals surface area contributed by atoms with Crippen LogP contribution in [0.2, 0.25) is 0 Å². The summed E-state index contributed by atoms with van der Waals surface area (Å²) < 4.78 is 5.76. The minimum absolute atomic E-state index is 0.131. The second-order valence-electron chi connectivity index (χ2n) is 7.00. The maximum absolute atomic E-state index is 12.4. The van der Waals surface area contributed by atoms with Gasteiger partial charge in [-0.1, -0.05) is 26.8 Å². The van der Waals surface area contributed by atoms with Crippen molar-refractivity contribution < 1.29 is 14.6 Å². The number of allylic oxidation sites excluding steroid dienone is 2. The van der Waals surface area contributed by atoms with E-state index in [-0.39, 0.29) is 11.5 Å². The first-order valence-corrected chi connectivity index (χ1v) is 9.00.